The number of benzene rings is 2. The molecule has 3 rings (SSSR count). The monoisotopic (exact) mass is 447 g/mol. The van der Waals surface area contributed by atoms with Gasteiger partial charge in [0.25, 0.3) is 0 Å². The molecule has 0 radical (unpaired) electrons. The van der Waals surface area contributed by atoms with Gasteiger partial charge in [-0.2, -0.15) is 0 Å². The molecule has 0 fully saturated rings. The molecule has 3 aromatic rings. The van der Waals surface area contributed by atoms with Crippen LogP contribution in [0.5, 0.6) is 0 Å². The molecule has 0 aliphatic heterocycles. The minimum absolute atomic E-state index is 0.0110. The van der Waals surface area contributed by atoms with Crippen molar-refractivity contribution in [1.29, 1.82) is 0 Å². The molecule has 1 heterocycles. The van der Waals surface area contributed by atoms with Gasteiger partial charge in [-0.15, -0.1) is 11.7 Å². The van der Waals surface area contributed by atoms with Gasteiger partial charge in [0.05, 0.1) is 12.3 Å². The second kappa shape index (κ2) is 8.66. The van der Waals surface area contributed by atoms with E-state index in [9.17, 15) is 4.79 Å². The molecule has 0 unspecified atom stereocenters. The Labute approximate surface area is 169 Å². The lowest BCUT2D eigenvalue weighted by Gasteiger charge is -2.02. The molecule has 2 aromatic carbocycles. The van der Waals surface area contributed by atoms with Crippen LogP contribution in [0, 0.1) is 0 Å². The second-order valence-corrected chi connectivity index (χ2v) is 7.71. The summed E-state index contributed by atoms with van der Waals surface area (Å²) in [6, 6.07) is 14.7. The predicted octanol–water partition coefficient (Wildman–Crippen LogP) is 5.52. The Morgan fingerprint density at radius 1 is 1.19 bits per heavy atom. The average molecular weight is 449 g/mol. The molecular weight excluding hydrogens is 434 g/mol. The highest BCUT2D eigenvalue weighted by atomic mass is 79.9. The van der Waals surface area contributed by atoms with E-state index in [2.05, 4.69) is 32.6 Å². The summed E-state index contributed by atoms with van der Waals surface area (Å²) in [5.74, 6) is 1.02. The summed E-state index contributed by atoms with van der Waals surface area (Å²) in [4.78, 5) is 16.9. The van der Waals surface area contributed by atoms with Crippen LogP contribution in [0.2, 0.25) is 5.02 Å². The third-order valence-electron chi connectivity index (χ3n) is 3.56. The molecular formula is C19H15BrClN3OS. The van der Waals surface area contributed by atoms with Crippen LogP contribution in [-0.2, 0) is 6.54 Å². The van der Waals surface area contributed by atoms with E-state index in [-0.39, 0.29) is 11.5 Å². The van der Waals surface area contributed by atoms with Gasteiger partial charge in [-0.25, -0.2) is 9.67 Å². The quantitative estimate of drug-likeness (QED) is 0.271. The van der Waals surface area contributed by atoms with Crippen molar-refractivity contribution in [3.05, 3.63) is 76.2 Å². The minimum Gasteiger partial charge on any atom is -0.293 e. The zero-order chi connectivity index (χ0) is 18.5. The van der Waals surface area contributed by atoms with Crippen LogP contribution in [0.4, 0.5) is 0 Å². The van der Waals surface area contributed by atoms with Gasteiger partial charge in [0.1, 0.15) is 0 Å². The number of allylic oxidation sites excluding steroid dienone is 1. The van der Waals surface area contributed by atoms with E-state index in [1.165, 1.54) is 11.8 Å². The maximum absolute atomic E-state index is 12.3. The number of ketones is 1. The van der Waals surface area contributed by atoms with Crippen molar-refractivity contribution in [2.75, 3.05) is 5.75 Å². The minimum atomic E-state index is 0.0110. The van der Waals surface area contributed by atoms with Crippen molar-refractivity contribution in [3.8, 4) is 11.4 Å². The van der Waals surface area contributed by atoms with E-state index in [0.717, 1.165) is 15.9 Å². The first-order valence-electron chi connectivity index (χ1n) is 7.80. The number of nitrogens with zero attached hydrogens (tertiary/aromatic N) is 3. The third kappa shape index (κ3) is 4.63. The number of thioether (sulfide) groups is 1. The lowest BCUT2D eigenvalue weighted by Crippen LogP contribution is -2.02. The van der Waals surface area contributed by atoms with Crippen LogP contribution in [0.1, 0.15) is 10.4 Å². The number of carbonyl (C=O) groups excluding carboxylic acids is 1. The molecule has 132 valence electrons. The fraction of sp³-hybridized carbons (Fsp3) is 0.105. The number of carbonyl (C=O) groups is 1. The van der Waals surface area contributed by atoms with Gasteiger partial charge in [0, 0.05) is 20.6 Å². The Bertz CT molecular complexity index is 923. The summed E-state index contributed by atoms with van der Waals surface area (Å²) < 4.78 is 2.78. The van der Waals surface area contributed by atoms with Crippen molar-refractivity contribution in [3.63, 3.8) is 0 Å². The molecule has 0 N–H and O–H groups in total. The lowest BCUT2D eigenvalue weighted by molar-refractivity contribution is 0.102. The van der Waals surface area contributed by atoms with Crippen LogP contribution in [0.15, 0.2) is 70.8 Å². The highest BCUT2D eigenvalue weighted by molar-refractivity contribution is 9.10. The first-order valence-corrected chi connectivity index (χ1v) is 9.95. The van der Waals surface area contributed by atoms with Crippen molar-refractivity contribution in [1.82, 2.24) is 14.8 Å². The van der Waals surface area contributed by atoms with E-state index in [1.807, 2.05) is 24.3 Å². The van der Waals surface area contributed by atoms with Crippen LogP contribution in [0.25, 0.3) is 11.4 Å². The summed E-state index contributed by atoms with van der Waals surface area (Å²) in [7, 11) is 0. The van der Waals surface area contributed by atoms with Gasteiger partial charge < -0.3 is 0 Å². The lowest BCUT2D eigenvalue weighted by atomic mass is 10.1. The molecule has 0 amide bonds. The summed E-state index contributed by atoms with van der Waals surface area (Å²) in [6.45, 7) is 4.31. The smallest absolute Gasteiger partial charge is 0.209 e. The fourth-order valence-electron chi connectivity index (χ4n) is 2.29. The molecule has 0 bridgehead atoms. The number of halogens is 2. The standard InChI is InChI=1S/C19H15BrClN3OS/c1-2-11-24-18(14-3-7-15(20)8-4-14)22-19(23-24)26-12-17(25)13-5-9-16(21)10-6-13/h2-10H,1,11-12H2. The molecule has 0 atom stereocenters. The Morgan fingerprint density at radius 3 is 2.54 bits per heavy atom. The van der Waals surface area contributed by atoms with Gasteiger partial charge in [0.15, 0.2) is 11.6 Å². The summed E-state index contributed by atoms with van der Waals surface area (Å²) in [6.07, 6.45) is 1.77. The number of hydrogen-bond donors (Lipinski definition) is 0. The van der Waals surface area contributed by atoms with Gasteiger partial charge in [-0.05, 0) is 36.4 Å². The molecule has 26 heavy (non-hydrogen) atoms. The highest BCUT2D eigenvalue weighted by Gasteiger charge is 2.14. The molecule has 0 aliphatic rings. The van der Waals surface area contributed by atoms with Crippen molar-refractivity contribution < 1.29 is 4.79 Å². The predicted molar refractivity (Wildman–Crippen MR) is 110 cm³/mol. The average Bonchev–Trinajstić information content (AvgIpc) is 3.04. The Kier molecular flexibility index (Phi) is 6.29. The van der Waals surface area contributed by atoms with Gasteiger partial charge in [0.2, 0.25) is 5.16 Å². The first-order chi connectivity index (χ1) is 12.6. The highest BCUT2D eigenvalue weighted by Crippen LogP contribution is 2.24. The summed E-state index contributed by atoms with van der Waals surface area (Å²) >= 11 is 10.6. The topological polar surface area (TPSA) is 47.8 Å². The fourth-order valence-corrected chi connectivity index (χ4v) is 3.42. The van der Waals surface area contributed by atoms with Crippen molar-refractivity contribution in [2.24, 2.45) is 0 Å². The SMILES string of the molecule is C=CCn1nc(SCC(=O)c2ccc(Cl)cc2)nc1-c1ccc(Br)cc1. The van der Waals surface area contributed by atoms with Gasteiger partial charge >= 0.3 is 0 Å². The Balaban J connectivity index is 1.76. The first kappa shape index (κ1) is 18.9. The second-order valence-electron chi connectivity index (χ2n) is 5.41. The van der Waals surface area contributed by atoms with E-state index in [0.29, 0.717) is 22.3 Å². The molecule has 1 aromatic heterocycles. The third-order valence-corrected chi connectivity index (χ3v) is 5.17. The number of aromatic nitrogens is 3. The number of Topliss-reactive ketones (excluding diaryl/α,β-unsaturated/α-hetero) is 1. The van der Waals surface area contributed by atoms with E-state index in [4.69, 9.17) is 11.6 Å². The van der Waals surface area contributed by atoms with Crippen LogP contribution >= 0.6 is 39.3 Å². The Hall–Kier alpha value is -1.89. The number of rotatable bonds is 7. The number of hydrogen-bond acceptors (Lipinski definition) is 4. The van der Waals surface area contributed by atoms with Gasteiger partial charge in [-0.1, -0.05) is 57.5 Å². The Morgan fingerprint density at radius 2 is 1.88 bits per heavy atom. The zero-order valence-corrected chi connectivity index (χ0v) is 16.9. The molecule has 4 nitrogen and oxygen atoms in total. The van der Waals surface area contributed by atoms with E-state index >= 15 is 0 Å². The van der Waals surface area contributed by atoms with E-state index in [1.54, 1.807) is 35.0 Å². The molecule has 0 saturated heterocycles. The largest absolute Gasteiger partial charge is 0.293 e. The maximum Gasteiger partial charge on any atom is 0.209 e. The molecule has 0 saturated carbocycles. The summed E-state index contributed by atoms with van der Waals surface area (Å²) in [5.41, 5.74) is 1.58. The van der Waals surface area contributed by atoms with Crippen LogP contribution < -0.4 is 0 Å². The molecule has 0 aliphatic carbocycles. The van der Waals surface area contributed by atoms with Gasteiger partial charge in [-0.3, -0.25) is 4.79 Å². The molecule has 7 heteroatoms. The zero-order valence-electron chi connectivity index (χ0n) is 13.7. The summed E-state index contributed by atoms with van der Waals surface area (Å²) in [5, 5.41) is 5.66. The van der Waals surface area contributed by atoms with Crippen LogP contribution in [0.3, 0.4) is 0 Å². The molecule has 0 spiro atoms. The normalized spacial score (nSPS) is 10.7. The van der Waals surface area contributed by atoms with E-state index < -0.39 is 0 Å². The van der Waals surface area contributed by atoms with Crippen molar-refractivity contribution >= 4 is 45.1 Å². The van der Waals surface area contributed by atoms with Crippen molar-refractivity contribution in [2.45, 2.75) is 11.7 Å². The van der Waals surface area contributed by atoms with Crippen LogP contribution in [-0.4, -0.2) is 26.3 Å². The maximum atomic E-state index is 12.3.